The molecule has 0 fully saturated rings. The number of carbonyl (C=O) groups is 1. The molecule has 1 heterocycles. The molecule has 0 radical (unpaired) electrons. The molecule has 1 rings (SSSR count). The second-order valence-electron chi connectivity index (χ2n) is 3.13. The first-order valence-corrected chi connectivity index (χ1v) is 7.17. The van der Waals surface area contributed by atoms with Crippen LogP contribution in [-0.4, -0.2) is 36.1 Å². The second kappa shape index (κ2) is 6.32. The van der Waals surface area contributed by atoms with E-state index in [0.29, 0.717) is 10.0 Å². The van der Waals surface area contributed by atoms with Gasteiger partial charge in [0.05, 0.1) is 7.11 Å². The van der Waals surface area contributed by atoms with Gasteiger partial charge in [0.15, 0.2) is 15.2 Å². The number of anilines is 1. The van der Waals surface area contributed by atoms with Crippen LogP contribution in [0.4, 0.5) is 5.13 Å². The Hall–Kier alpha value is -0.460. The van der Waals surface area contributed by atoms with Gasteiger partial charge in [-0.3, -0.25) is 0 Å². The molecule has 0 amide bonds. The molecule has 1 unspecified atom stereocenters. The standard InChI is InChI=1S/C9H13ClN2O2S2/c1-5(4-15-3)11-9-12-7(10)6(16-9)8(13)14-2/h5H,4H2,1-3H3,(H,11,12). The van der Waals surface area contributed by atoms with Crippen LogP contribution in [0.5, 0.6) is 0 Å². The molecular formula is C9H13ClN2O2S2. The topological polar surface area (TPSA) is 51.2 Å². The number of methoxy groups -OCH3 is 1. The van der Waals surface area contributed by atoms with E-state index < -0.39 is 5.97 Å². The van der Waals surface area contributed by atoms with Gasteiger partial charge >= 0.3 is 5.97 Å². The Kier molecular flexibility index (Phi) is 5.37. The van der Waals surface area contributed by atoms with Gasteiger partial charge in [-0.05, 0) is 13.2 Å². The number of ether oxygens (including phenoxy) is 1. The average molecular weight is 281 g/mol. The molecular weight excluding hydrogens is 268 g/mol. The molecule has 1 atom stereocenters. The highest BCUT2D eigenvalue weighted by molar-refractivity contribution is 7.98. The van der Waals surface area contributed by atoms with E-state index in [-0.39, 0.29) is 11.2 Å². The Morgan fingerprint density at radius 3 is 3.00 bits per heavy atom. The second-order valence-corrected chi connectivity index (χ2v) is 5.40. The van der Waals surface area contributed by atoms with Crippen molar-refractivity contribution in [2.75, 3.05) is 24.4 Å². The maximum atomic E-state index is 11.3. The highest BCUT2D eigenvalue weighted by atomic mass is 35.5. The van der Waals surface area contributed by atoms with Gasteiger partial charge in [0, 0.05) is 11.8 Å². The van der Waals surface area contributed by atoms with Gasteiger partial charge in [0.2, 0.25) is 0 Å². The van der Waals surface area contributed by atoms with Gasteiger partial charge in [-0.2, -0.15) is 11.8 Å². The van der Waals surface area contributed by atoms with Crippen molar-refractivity contribution >= 4 is 45.8 Å². The Balaban J connectivity index is 2.73. The van der Waals surface area contributed by atoms with Gasteiger partial charge in [0.25, 0.3) is 0 Å². The van der Waals surface area contributed by atoms with E-state index in [1.54, 1.807) is 11.8 Å². The summed E-state index contributed by atoms with van der Waals surface area (Å²) in [6, 6.07) is 0.280. The summed E-state index contributed by atoms with van der Waals surface area (Å²) in [6.07, 6.45) is 2.03. The van der Waals surface area contributed by atoms with Crippen molar-refractivity contribution in [1.82, 2.24) is 4.98 Å². The van der Waals surface area contributed by atoms with Crippen LogP contribution >= 0.6 is 34.7 Å². The molecule has 0 aliphatic heterocycles. The molecule has 7 heteroatoms. The molecule has 0 saturated heterocycles. The number of aromatic nitrogens is 1. The zero-order chi connectivity index (χ0) is 12.1. The van der Waals surface area contributed by atoms with E-state index in [4.69, 9.17) is 11.6 Å². The van der Waals surface area contributed by atoms with Gasteiger partial charge in [0.1, 0.15) is 0 Å². The molecule has 0 aliphatic rings. The van der Waals surface area contributed by atoms with E-state index in [0.717, 1.165) is 5.75 Å². The monoisotopic (exact) mass is 280 g/mol. The van der Waals surface area contributed by atoms with E-state index in [1.165, 1.54) is 18.4 Å². The molecule has 0 aliphatic carbocycles. The minimum absolute atomic E-state index is 0.190. The lowest BCUT2D eigenvalue weighted by atomic mass is 10.4. The van der Waals surface area contributed by atoms with Crippen molar-refractivity contribution in [1.29, 1.82) is 0 Å². The van der Waals surface area contributed by atoms with Crippen LogP contribution < -0.4 is 5.32 Å². The third kappa shape index (κ3) is 3.54. The van der Waals surface area contributed by atoms with Gasteiger partial charge in [-0.25, -0.2) is 9.78 Å². The van der Waals surface area contributed by atoms with Gasteiger partial charge in [-0.15, -0.1) is 0 Å². The lowest BCUT2D eigenvalue weighted by Gasteiger charge is -2.10. The first kappa shape index (κ1) is 13.6. The molecule has 0 saturated carbocycles. The summed E-state index contributed by atoms with van der Waals surface area (Å²) in [6.45, 7) is 2.05. The Morgan fingerprint density at radius 2 is 2.44 bits per heavy atom. The lowest BCUT2D eigenvalue weighted by Crippen LogP contribution is -2.17. The molecule has 90 valence electrons. The smallest absolute Gasteiger partial charge is 0.351 e. The van der Waals surface area contributed by atoms with Crippen molar-refractivity contribution in [3.05, 3.63) is 10.0 Å². The van der Waals surface area contributed by atoms with Crippen molar-refractivity contribution in [3.8, 4) is 0 Å². The van der Waals surface area contributed by atoms with Crippen LogP contribution in [-0.2, 0) is 4.74 Å². The zero-order valence-electron chi connectivity index (χ0n) is 9.24. The predicted molar refractivity (Wildman–Crippen MR) is 69.9 cm³/mol. The number of rotatable bonds is 5. The number of thiazole rings is 1. The first-order chi connectivity index (χ1) is 7.58. The fourth-order valence-corrected chi connectivity index (χ4v) is 2.88. The van der Waals surface area contributed by atoms with Crippen LogP contribution in [0.1, 0.15) is 16.6 Å². The number of halogens is 1. The zero-order valence-corrected chi connectivity index (χ0v) is 11.6. The predicted octanol–water partition coefficient (Wildman–Crippen LogP) is 2.75. The third-order valence-electron chi connectivity index (χ3n) is 1.74. The van der Waals surface area contributed by atoms with E-state index in [9.17, 15) is 4.79 Å². The molecule has 1 aromatic rings. The van der Waals surface area contributed by atoms with Gasteiger partial charge in [-0.1, -0.05) is 22.9 Å². The van der Waals surface area contributed by atoms with E-state index >= 15 is 0 Å². The highest BCUT2D eigenvalue weighted by Gasteiger charge is 2.17. The molecule has 16 heavy (non-hydrogen) atoms. The van der Waals surface area contributed by atoms with Crippen LogP contribution in [0.25, 0.3) is 0 Å². The summed E-state index contributed by atoms with van der Waals surface area (Å²) in [5, 5.41) is 4.01. The molecule has 0 bridgehead atoms. The van der Waals surface area contributed by atoms with Crippen molar-refractivity contribution in [2.24, 2.45) is 0 Å². The first-order valence-electron chi connectivity index (χ1n) is 4.58. The molecule has 1 aromatic heterocycles. The maximum absolute atomic E-state index is 11.3. The van der Waals surface area contributed by atoms with Crippen molar-refractivity contribution in [3.63, 3.8) is 0 Å². The number of nitrogens with one attached hydrogen (secondary N) is 1. The number of hydrogen-bond acceptors (Lipinski definition) is 6. The quantitative estimate of drug-likeness (QED) is 0.841. The average Bonchev–Trinajstić information content (AvgIpc) is 2.58. The van der Waals surface area contributed by atoms with Crippen LogP contribution in [0.15, 0.2) is 0 Å². The SMILES string of the molecule is COC(=O)c1sc(NC(C)CSC)nc1Cl. The van der Waals surface area contributed by atoms with E-state index in [1.807, 2.05) is 13.2 Å². The number of esters is 1. The summed E-state index contributed by atoms with van der Waals surface area (Å²) in [5.74, 6) is 0.512. The summed E-state index contributed by atoms with van der Waals surface area (Å²) in [4.78, 5) is 15.7. The maximum Gasteiger partial charge on any atom is 0.351 e. The largest absolute Gasteiger partial charge is 0.465 e. The molecule has 4 nitrogen and oxygen atoms in total. The van der Waals surface area contributed by atoms with Crippen molar-refractivity contribution < 1.29 is 9.53 Å². The number of nitrogens with zero attached hydrogens (tertiary/aromatic N) is 1. The summed E-state index contributed by atoms with van der Waals surface area (Å²) < 4.78 is 4.60. The normalized spacial score (nSPS) is 12.2. The molecule has 0 spiro atoms. The summed E-state index contributed by atoms with van der Waals surface area (Å²) in [5.41, 5.74) is 0. The minimum atomic E-state index is -0.451. The summed E-state index contributed by atoms with van der Waals surface area (Å²) >= 11 is 8.78. The number of carbonyl (C=O) groups excluding carboxylic acids is 1. The fraction of sp³-hybridized carbons (Fsp3) is 0.556. The summed E-state index contributed by atoms with van der Waals surface area (Å²) in [7, 11) is 1.32. The molecule has 0 aromatic carbocycles. The number of hydrogen-bond donors (Lipinski definition) is 1. The number of thioether (sulfide) groups is 1. The Labute approximate surface area is 108 Å². The minimum Gasteiger partial charge on any atom is -0.465 e. The highest BCUT2D eigenvalue weighted by Crippen LogP contribution is 2.28. The third-order valence-corrected chi connectivity index (χ3v) is 3.93. The van der Waals surface area contributed by atoms with Crippen LogP contribution in [0, 0.1) is 0 Å². The van der Waals surface area contributed by atoms with Gasteiger partial charge < -0.3 is 10.1 Å². The van der Waals surface area contributed by atoms with Crippen molar-refractivity contribution in [2.45, 2.75) is 13.0 Å². The fourth-order valence-electron chi connectivity index (χ4n) is 1.08. The Bertz CT molecular complexity index is 370. The van der Waals surface area contributed by atoms with Crippen LogP contribution in [0.2, 0.25) is 5.15 Å². The van der Waals surface area contributed by atoms with E-state index in [2.05, 4.69) is 15.0 Å². The lowest BCUT2D eigenvalue weighted by molar-refractivity contribution is 0.0606. The molecule has 1 N–H and O–H groups in total. The Morgan fingerprint density at radius 1 is 1.75 bits per heavy atom. The van der Waals surface area contributed by atoms with Crippen LogP contribution in [0.3, 0.4) is 0 Å².